The second-order valence-electron chi connectivity index (χ2n) is 5.70. The molecule has 2 aliphatic rings. The largest absolute Gasteiger partial charge is 0.369 e. The van der Waals surface area contributed by atoms with Crippen molar-refractivity contribution in [1.82, 2.24) is 0 Å². The van der Waals surface area contributed by atoms with E-state index in [1.165, 1.54) is 18.9 Å². The number of hydrogen-bond donors (Lipinski definition) is 1. The summed E-state index contributed by atoms with van der Waals surface area (Å²) in [5.41, 5.74) is 6.51. The van der Waals surface area contributed by atoms with E-state index in [4.69, 9.17) is 5.73 Å². The Morgan fingerprint density at radius 2 is 2.26 bits per heavy atom. The molecule has 1 aromatic carbocycles. The van der Waals surface area contributed by atoms with E-state index in [1.54, 1.807) is 12.1 Å². The van der Waals surface area contributed by atoms with Crippen LogP contribution in [0.5, 0.6) is 0 Å². The van der Waals surface area contributed by atoms with Crippen LogP contribution in [0.2, 0.25) is 0 Å². The smallest absolute Gasteiger partial charge is 0.196 e. The lowest BCUT2D eigenvalue weighted by atomic mass is 9.93. The molecule has 1 aliphatic carbocycles. The third-order valence-electron chi connectivity index (χ3n) is 4.60. The quantitative estimate of drug-likeness (QED) is 0.889. The number of halogens is 1. The van der Waals surface area contributed by atoms with Gasteiger partial charge in [-0.1, -0.05) is 25.5 Å². The van der Waals surface area contributed by atoms with E-state index in [2.05, 4.69) is 11.9 Å². The molecular formula is C15H20FN3. The van der Waals surface area contributed by atoms with Crippen LogP contribution in [0.15, 0.2) is 29.3 Å². The third-order valence-corrected chi connectivity index (χ3v) is 4.60. The van der Waals surface area contributed by atoms with Crippen LogP contribution in [0.4, 0.5) is 10.1 Å². The number of hydrogen-bond acceptors (Lipinski definition) is 3. The van der Waals surface area contributed by atoms with Gasteiger partial charge in [0.2, 0.25) is 0 Å². The Bertz CT molecular complexity index is 514. The molecule has 0 aromatic heterocycles. The minimum absolute atomic E-state index is 0.0903. The fourth-order valence-corrected chi connectivity index (χ4v) is 3.53. The Morgan fingerprint density at radius 1 is 1.47 bits per heavy atom. The van der Waals surface area contributed by atoms with Crippen molar-refractivity contribution in [2.45, 2.75) is 38.1 Å². The topological polar surface area (TPSA) is 41.6 Å². The molecule has 1 aliphatic heterocycles. The number of nitrogens with two attached hydrogens (primary N) is 1. The molecule has 4 heteroatoms. The van der Waals surface area contributed by atoms with Gasteiger partial charge >= 0.3 is 0 Å². The SMILES string of the molecule is CCC1CCC2(CN=C(N)N2c2ccccc2F)C1. The monoisotopic (exact) mass is 261 g/mol. The molecule has 1 saturated carbocycles. The van der Waals surface area contributed by atoms with Gasteiger partial charge in [-0.25, -0.2) is 4.39 Å². The highest BCUT2D eigenvalue weighted by Gasteiger charge is 2.48. The molecule has 2 unspecified atom stereocenters. The predicted octanol–water partition coefficient (Wildman–Crippen LogP) is 2.91. The van der Waals surface area contributed by atoms with E-state index < -0.39 is 0 Å². The molecule has 0 saturated heterocycles. The molecule has 1 spiro atoms. The molecular weight excluding hydrogens is 241 g/mol. The van der Waals surface area contributed by atoms with Crippen molar-refractivity contribution in [2.75, 3.05) is 11.4 Å². The molecule has 0 radical (unpaired) electrons. The maximum atomic E-state index is 14.1. The van der Waals surface area contributed by atoms with Crippen LogP contribution in [0.1, 0.15) is 32.6 Å². The summed E-state index contributed by atoms with van der Waals surface area (Å²) in [5.74, 6) is 0.944. The fourth-order valence-electron chi connectivity index (χ4n) is 3.53. The summed E-state index contributed by atoms with van der Waals surface area (Å²) in [4.78, 5) is 6.34. The number of benzene rings is 1. The zero-order chi connectivity index (χ0) is 13.5. The number of para-hydroxylation sites is 1. The minimum atomic E-state index is -0.220. The molecule has 2 atom stereocenters. The second kappa shape index (κ2) is 4.51. The number of aliphatic imine (C=N–C) groups is 1. The summed E-state index contributed by atoms with van der Waals surface area (Å²) in [6.45, 7) is 2.92. The summed E-state index contributed by atoms with van der Waals surface area (Å²) >= 11 is 0. The van der Waals surface area contributed by atoms with Gasteiger partial charge < -0.3 is 10.6 Å². The highest BCUT2D eigenvalue weighted by atomic mass is 19.1. The first-order valence-corrected chi connectivity index (χ1v) is 7.01. The average molecular weight is 261 g/mol. The summed E-state index contributed by atoms with van der Waals surface area (Å²) < 4.78 is 14.1. The summed E-state index contributed by atoms with van der Waals surface area (Å²) in [5, 5.41) is 0. The van der Waals surface area contributed by atoms with Crippen molar-refractivity contribution >= 4 is 11.6 Å². The van der Waals surface area contributed by atoms with E-state index >= 15 is 0 Å². The van der Waals surface area contributed by atoms with Crippen molar-refractivity contribution < 1.29 is 4.39 Å². The van der Waals surface area contributed by atoms with Gasteiger partial charge in [-0.3, -0.25) is 4.99 Å². The minimum Gasteiger partial charge on any atom is -0.369 e. The van der Waals surface area contributed by atoms with Gasteiger partial charge in [0, 0.05) is 0 Å². The lowest BCUT2D eigenvalue weighted by Crippen LogP contribution is -2.50. The molecule has 3 nitrogen and oxygen atoms in total. The summed E-state index contributed by atoms with van der Waals surface area (Å²) in [6, 6.07) is 6.84. The van der Waals surface area contributed by atoms with Gasteiger partial charge in [0.25, 0.3) is 0 Å². The van der Waals surface area contributed by atoms with Crippen molar-refractivity contribution in [3.8, 4) is 0 Å². The van der Waals surface area contributed by atoms with Gasteiger partial charge in [0.05, 0.1) is 17.8 Å². The number of guanidine groups is 1. The van der Waals surface area contributed by atoms with Gasteiger partial charge in [0.15, 0.2) is 5.96 Å². The molecule has 102 valence electrons. The van der Waals surface area contributed by atoms with Crippen LogP contribution in [-0.2, 0) is 0 Å². The molecule has 1 fully saturated rings. The van der Waals surface area contributed by atoms with Crippen molar-refractivity contribution in [3.05, 3.63) is 30.1 Å². The molecule has 19 heavy (non-hydrogen) atoms. The van der Waals surface area contributed by atoms with E-state index in [9.17, 15) is 4.39 Å². The Labute approximate surface area is 113 Å². The van der Waals surface area contributed by atoms with Crippen LogP contribution in [0.25, 0.3) is 0 Å². The molecule has 0 amide bonds. The summed E-state index contributed by atoms with van der Waals surface area (Å²) in [6.07, 6.45) is 4.46. The molecule has 2 N–H and O–H groups in total. The van der Waals surface area contributed by atoms with Crippen molar-refractivity contribution in [2.24, 2.45) is 16.6 Å². The first-order chi connectivity index (χ1) is 9.16. The Kier molecular flexibility index (Phi) is 2.96. The maximum absolute atomic E-state index is 14.1. The predicted molar refractivity (Wildman–Crippen MR) is 75.7 cm³/mol. The number of nitrogens with zero attached hydrogens (tertiary/aromatic N) is 2. The van der Waals surface area contributed by atoms with Gasteiger partial charge in [-0.2, -0.15) is 0 Å². The number of anilines is 1. The average Bonchev–Trinajstić information content (AvgIpc) is 2.97. The van der Waals surface area contributed by atoms with Crippen LogP contribution in [-0.4, -0.2) is 18.0 Å². The second-order valence-corrected chi connectivity index (χ2v) is 5.70. The first kappa shape index (κ1) is 12.5. The Hall–Kier alpha value is -1.58. The van der Waals surface area contributed by atoms with E-state index in [1.807, 2.05) is 11.0 Å². The Morgan fingerprint density at radius 3 is 2.95 bits per heavy atom. The van der Waals surface area contributed by atoms with E-state index in [0.717, 1.165) is 12.8 Å². The van der Waals surface area contributed by atoms with Crippen LogP contribution in [0.3, 0.4) is 0 Å². The van der Waals surface area contributed by atoms with Gasteiger partial charge in [-0.15, -0.1) is 0 Å². The third kappa shape index (κ3) is 1.90. The first-order valence-electron chi connectivity index (χ1n) is 7.01. The highest BCUT2D eigenvalue weighted by Crippen LogP contribution is 2.45. The summed E-state index contributed by atoms with van der Waals surface area (Å²) in [7, 11) is 0. The zero-order valence-corrected chi connectivity index (χ0v) is 11.3. The standard InChI is InChI=1S/C15H20FN3/c1-2-11-7-8-15(9-11)10-18-14(17)19(15)13-6-4-3-5-12(13)16/h3-6,11H,2,7-10H2,1H3,(H2,17,18). The number of rotatable bonds is 2. The molecule has 0 bridgehead atoms. The van der Waals surface area contributed by atoms with Crippen LogP contribution in [0, 0.1) is 11.7 Å². The fraction of sp³-hybridized carbons (Fsp3) is 0.533. The lowest BCUT2D eigenvalue weighted by Gasteiger charge is -2.36. The van der Waals surface area contributed by atoms with Gasteiger partial charge in [0.1, 0.15) is 5.82 Å². The zero-order valence-electron chi connectivity index (χ0n) is 11.3. The highest BCUT2D eigenvalue weighted by molar-refractivity contribution is 5.98. The molecule has 1 aromatic rings. The van der Waals surface area contributed by atoms with E-state index in [-0.39, 0.29) is 11.4 Å². The lowest BCUT2D eigenvalue weighted by molar-refractivity contribution is 0.431. The van der Waals surface area contributed by atoms with Crippen molar-refractivity contribution in [3.63, 3.8) is 0 Å². The molecule has 3 rings (SSSR count). The van der Waals surface area contributed by atoms with Crippen LogP contribution >= 0.6 is 0 Å². The van der Waals surface area contributed by atoms with Crippen LogP contribution < -0.4 is 10.6 Å². The molecule has 1 heterocycles. The normalized spacial score (nSPS) is 30.1. The Balaban J connectivity index is 1.98. The van der Waals surface area contributed by atoms with E-state index in [0.29, 0.717) is 24.1 Å². The van der Waals surface area contributed by atoms with Crippen molar-refractivity contribution in [1.29, 1.82) is 0 Å². The maximum Gasteiger partial charge on any atom is 0.196 e. The van der Waals surface area contributed by atoms with Gasteiger partial charge in [-0.05, 0) is 37.3 Å².